The molecule has 0 saturated carbocycles. The van der Waals surface area contributed by atoms with Crippen LogP contribution in [0.4, 0.5) is 0 Å². The fraction of sp³-hybridized carbons (Fsp3) is 0.500. The zero-order chi connectivity index (χ0) is 35.9. The van der Waals surface area contributed by atoms with Crippen molar-refractivity contribution >= 4 is 62.9 Å². The van der Waals surface area contributed by atoms with E-state index in [9.17, 15) is 57.3 Å². The maximum atomic E-state index is 13.4. The Hall–Kier alpha value is -4.31. The molecular weight excluding hydrogens is 664 g/mol. The molecule has 1 aromatic rings. The van der Waals surface area contributed by atoms with Crippen LogP contribution < -0.4 is 10.6 Å². The minimum Gasteiger partial charge on any atom is -0.481 e. The molecule has 0 spiro atoms. The van der Waals surface area contributed by atoms with Gasteiger partial charge in [0.2, 0.25) is 11.8 Å². The molecule has 1 rings (SSSR count). The molecule has 2 amide bonds. The standard InChI is InChI=1S/C30H39ClN2O13S/c1-17(2)21(30(43)32-20(14-27(39)40)13-24(31)47(3,44)45)15-23(34)22(9-10-25(35)36)33-29(42)19(11-26(37)38)12-28(41)46-16-18-7-5-4-6-8-18/h4-8,13,17,19-22H,9-12,14-16H2,1-3H3,(H,32,43)(H,33,42)(H,35,36)(H,37,38)(H,39,40)/b24-13+/t19-,20-,21+,22+/m1/s1. The number of esters is 1. The molecule has 0 aromatic heterocycles. The summed E-state index contributed by atoms with van der Waals surface area (Å²) in [6.45, 7) is 3.00. The Kier molecular flexibility index (Phi) is 16.8. The maximum absolute atomic E-state index is 13.4. The van der Waals surface area contributed by atoms with E-state index >= 15 is 0 Å². The highest BCUT2D eigenvalue weighted by atomic mass is 35.5. The van der Waals surface area contributed by atoms with Gasteiger partial charge in [0.15, 0.2) is 15.6 Å². The summed E-state index contributed by atoms with van der Waals surface area (Å²) >= 11 is 5.75. The van der Waals surface area contributed by atoms with Gasteiger partial charge in [-0.3, -0.25) is 33.6 Å². The average Bonchev–Trinajstić information content (AvgIpc) is 2.95. The zero-order valence-electron chi connectivity index (χ0n) is 26.0. The van der Waals surface area contributed by atoms with Crippen molar-refractivity contribution in [3.8, 4) is 0 Å². The number of carboxylic acid groups (broad SMARTS) is 3. The van der Waals surface area contributed by atoms with Crippen LogP contribution >= 0.6 is 11.6 Å². The predicted molar refractivity (Wildman–Crippen MR) is 166 cm³/mol. The van der Waals surface area contributed by atoms with Crippen LogP contribution in [-0.2, 0) is 54.7 Å². The van der Waals surface area contributed by atoms with E-state index in [2.05, 4.69) is 10.6 Å². The number of amides is 2. The van der Waals surface area contributed by atoms with Crippen LogP contribution in [0.25, 0.3) is 0 Å². The number of nitrogens with one attached hydrogen (secondary N) is 2. The van der Waals surface area contributed by atoms with Crippen molar-refractivity contribution in [3.05, 3.63) is 46.3 Å². The van der Waals surface area contributed by atoms with E-state index in [1.54, 1.807) is 44.2 Å². The van der Waals surface area contributed by atoms with E-state index in [0.717, 1.165) is 12.3 Å². The monoisotopic (exact) mass is 702 g/mol. The van der Waals surface area contributed by atoms with Crippen LogP contribution in [0.2, 0.25) is 0 Å². The number of carboxylic acids is 3. The number of ether oxygens (including phenoxy) is 1. The Bertz CT molecular complexity index is 1440. The number of Topliss-reactive ketones (excluding diaryl/α,β-unsaturated/α-hetero) is 1. The minimum absolute atomic E-state index is 0.136. The molecule has 15 nitrogen and oxygen atoms in total. The van der Waals surface area contributed by atoms with Gasteiger partial charge in [-0.25, -0.2) is 8.42 Å². The predicted octanol–water partition coefficient (Wildman–Crippen LogP) is 1.88. The summed E-state index contributed by atoms with van der Waals surface area (Å²) in [7, 11) is -3.93. The second-order valence-electron chi connectivity index (χ2n) is 11.1. The lowest BCUT2D eigenvalue weighted by atomic mass is 9.86. The highest BCUT2D eigenvalue weighted by molar-refractivity contribution is 7.96. The number of halogens is 1. The number of carbonyl (C=O) groups is 7. The molecule has 5 N–H and O–H groups in total. The van der Waals surface area contributed by atoms with Crippen LogP contribution in [0.5, 0.6) is 0 Å². The number of hydrogen-bond acceptors (Lipinski definition) is 10. The lowest BCUT2D eigenvalue weighted by Gasteiger charge is -2.25. The second kappa shape index (κ2) is 19.4. The number of aliphatic carboxylic acids is 3. The minimum atomic E-state index is -3.93. The number of hydrogen-bond donors (Lipinski definition) is 5. The van der Waals surface area contributed by atoms with Crippen LogP contribution in [0.3, 0.4) is 0 Å². The van der Waals surface area contributed by atoms with Gasteiger partial charge in [-0.15, -0.1) is 0 Å². The molecule has 17 heteroatoms. The lowest BCUT2D eigenvalue weighted by Crippen LogP contribution is -2.47. The van der Waals surface area contributed by atoms with Crippen LogP contribution in [0.15, 0.2) is 40.8 Å². The highest BCUT2D eigenvalue weighted by Gasteiger charge is 2.33. The van der Waals surface area contributed by atoms with Gasteiger partial charge in [0.1, 0.15) is 11.0 Å². The SMILES string of the molecule is CC(C)[C@H](CC(=O)[C@H](CCC(=O)O)NC(=O)[C@H](CC(=O)O)CC(=O)OCc1ccccc1)C(=O)N[C@H](/C=C(\Cl)S(C)(=O)=O)CC(=O)O. The summed E-state index contributed by atoms with van der Waals surface area (Å²) in [4.78, 5) is 86.3. The van der Waals surface area contributed by atoms with Gasteiger partial charge in [0.05, 0.1) is 37.3 Å². The molecule has 1 aromatic carbocycles. The Morgan fingerprint density at radius 2 is 1.45 bits per heavy atom. The van der Waals surface area contributed by atoms with Crippen molar-refractivity contribution in [3.63, 3.8) is 0 Å². The molecular formula is C30H39ClN2O13S. The second-order valence-corrected chi connectivity index (χ2v) is 13.7. The first-order chi connectivity index (χ1) is 21.8. The fourth-order valence-electron chi connectivity index (χ4n) is 4.24. The molecule has 0 bridgehead atoms. The van der Waals surface area contributed by atoms with E-state index in [0.29, 0.717) is 5.56 Å². The number of rotatable bonds is 21. The molecule has 0 aliphatic rings. The summed E-state index contributed by atoms with van der Waals surface area (Å²) in [6.07, 6.45) is -2.18. The number of sulfone groups is 1. The van der Waals surface area contributed by atoms with Crippen molar-refractivity contribution in [2.75, 3.05) is 6.26 Å². The Morgan fingerprint density at radius 1 is 0.851 bits per heavy atom. The lowest BCUT2D eigenvalue weighted by molar-refractivity contribution is -0.150. The topological polar surface area (TPSA) is 248 Å². The average molecular weight is 703 g/mol. The summed E-state index contributed by atoms with van der Waals surface area (Å²) in [6, 6.07) is 5.68. The zero-order valence-corrected chi connectivity index (χ0v) is 27.6. The van der Waals surface area contributed by atoms with Crippen molar-refractivity contribution in [1.29, 1.82) is 0 Å². The van der Waals surface area contributed by atoms with Gasteiger partial charge < -0.3 is 30.7 Å². The van der Waals surface area contributed by atoms with Crippen molar-refractivity contribution in [2.45, 2.75) is 71.1 Å². The Balaban J connectivity index is 3.16. The highest BCUT2D eigenvalue weighted by Crippen LogP contribution is 2.21. The van der Waals surface area contributed by atoms with Gasteiger partial charge in [-0.1, -0.05) is 55.8 Å². The molecule has 0 heterocycles. The van der Waals surface area contributed by atoms with Gasteiger partial charge in [0.25, 0.3) is 0 Å². The van der Waals surface area contributed by atoms with Crippen LogP contribution in [0.1, 0.15) is 57.9 Å². The van der Waals surface area contributed by atoms with Crippen molar-refractivity contribution < 1.29 is 62.0 Å². The van der Waals surface area contributed by atoms with E-state index < -0.39 is 124 Å². The molecule has 4 atom stereocenters. The first kappa shape index (κ1) is 40.7. The number of benzene rings is 1. The first-order valence-corrected chi connectivity index (χ1v) is 16.6. The van der Waals surface area contributed by atoms with E-state index in [-0.39, 0.29) is 6.61 Å². The van der Waals surface area contributed by atoms with Gasteiger partial charge in [0, 0.05) is 25.0 Å². The summed E-state index contributed by atoms with van der Waals surface area (Å²) in [5, 5.41) is 32.4. The van der Waals surface area contributed by atoms with E-state index in [1.165, 1.54) is 0 Å². The quantitative estimate of drug-likeness (QED) is 0.115. The largest absolute Gasteiger partial charge is 0.481 e. The normalized spacial score (nSPS) is 14.3. The fourth-order valence-corrected chi connectivity index (χ4v) is 4.80. The maximum Gasteiger partial charge on any atom is 0.306 e. The van der Waals surface area contributed by atoms with Crippen LogP contribution in [-0.4, -0.2) is 83.6 Å². The third-order valence-corrected chi connectivity index (χ3v) is 8.58. The molecule has 260 valence electrons. The number of carbonyl (C=O) groups excluding carboxylic acids is 4. The molecule has 0 radical (unpaired) electrons. The van der Waals surface area contributed by atoms with Gasteiger partial charge >= 0.3 is 23.9 Å². The molecule has 0 fully saturated rings. The Morgan fingerprint density at radius 3 is 1.96 bits per heavy atom. The Labute approximate surface area is 276 Å². The van der Waals surface area contributed by atoms with Crippen molar-refractivity contribution in [2.24, 2.45) is 17.8 Å². The van der Waals surface area contributed by atoms with Gasteiger partial charge in [-0.05, 0) is 24.0 Å². The van der Waals surface area contributed by atoms with E-state index in [1.807, 2.05) is 0 Å². The summed E-state index contributed by atoms with van der Waals surface area (Å²) < 4.78 is 27.9. The first-order valence-electron chi connectivity index (χ1n) is 14.4. The summed E-state index contributed by atoms with van der Waals surface area (Å²) in [5.74, 6) is -10.9. The molecule has 0 saturated heterocycles. The van der Waals surface area contributed by atoms with Crippen LogP contribution in [0, 0.1) is 17.8 Å². The third-order valence-electron chi connectivity index (χ3n) is 6.77. The van der Waals surface area contributed by atoms with E-state index in [4.69, 9.17) is 16.3 Å². The molecule has 0 aliphatic carbocycles. The number of ketones is 1. The smallest absolute Gasteiger partial charge is 0.306 e. The molecule has 47 heavy (non-hydrogen) atoms. The van der Waals surface area contributed by atoms with Gasteiger partial charge in [-0.2, -0.15) is 0 Å². The third kappa shape index (κ3) is 16.2. The molecule has 0 unspecified atom stereocenters. The summed E-state index contributed by atoms with van der Waals surface area (Å²) in [5.41, 5.74) is 0.645. The molecule has 0 aliphatic heterocycles. The van der Waals surface area contributed by atoms with Crippen molar-refractivity contribution in [1.82, 2.24) is 10.6 Å².